The maximum absolute atomic E-state index is 12.4. The zero-order valence-electron chi connectivity index (χ0n) is 11.2. The van der Waals surface area contributed by atoms with Crippen molar-refractivity contribution in [2.45, 2.75) is 0 Å². The van der Waals surface area contributed by atoms with Crippen LogP contribution in [0.15, 0.2) is 36.4 Å². The number of carboxylic acids is 1. The minimum Gasteiger partial charge on any atom is -0.478 e. The van der Waals surface area contributed by atoms with Gasteiger partial charge in [-0.3, -0.25) is 9.59 Å². The number of anilines is 1. The molecule has 0 aliphatic carbocycles. The largest absolute Gasteiger partial charge is 0.478 e. The van der Waals surface area contributed by atoms with Crippen molar-refractivity contribution in [3.63, 3.8) is 0 Å². The van der Waals surface area contributed by atoms with Gasteiger partial charge in [-0.2, -0.15) is 0 Å². The Kier molecular flexibility index (Phi) is 4.14. The molecule has 7 heteroatoms. The topological polar surface area (TPSA) is 123 Å². The Labute approximate surface area is 130 Å². The fraction of sp³-hybridized carbons (Fsp3) is 0. The Morgan fingerprint density at radius 2 is 1.55 bits per heavy atom. The van der Waals surface area contributed by atoms with E-state index < -0.39 is 17.7 Å². The van der Waals surface area contributed by atoms with Gasteiger partial charge in [0.1, 0.15) is 0 Å². The second kappa shape index (κ2) is 5.87. The van der Waals surface area contributed by atoms with E-state index in [-0.39, 0.29) is 33.0 Å². The number of nitrogen functional groups attached to an aromatic ring is 1. The molecule has 6 nitrogen and oxygen atoms in total. The van der Waals surface area contributed by atoms with Crippen LogP contribution >= 0.6 is 11.6 Å². The minimum atomic E-state index is -1.23. The first kappa shape index (κ1) is 15.5. The average molecular weight is 319 g/mol. The molecule has 0 bridgehead atoms. The number of benzene rings is 2. The third kappa shape index (κ3) is 2.91. The molecule has 0 aliphatic rings. The molecule has 0 fully saturated rings. The van der Waals surface area contributed by atoms with E-state index in [1.54, 1.807) is 0 Å². The lowest BCUT2D eigenvalue weighted by molar-refractivity contribution is 0.0697. The summed E-state index contributed by atoms with van der Waals surface area (Å²) in [5.74, 6) is -2.38. The van der Waals surface area contributed by atoms with Crippen LogP contribution in [0, 0.1) is 0 Å². The summed E-state index contributed by atoms with van der Waals surface area (Å²) >= 11 is 5.90. The SMILES string of the molecule is NC(=O)c1ccc(C(=O)c2ccc(N)c(C(=O)O)c2)cc1Cl. The van der Waals surface area contributed by atoms with Crippen LogP contribution in [0.1, 0.15) is 36.6 Å². The van der Waals surface area contributed by atoms with E-state index in [9.17, 15) is 14.4 Å². The van der Waals surface area contributed by atoms with Gasteiger partial charge in [-0.25, -0.2) is 4.79 Å². The zero-order valence-corrected chi connectivity index (χ0v) is 11.9. The van der Waals surface area contributed by atoms with Gasteiger partial charge in [-0.05, 0) is 30.3 Å². The Hall–Kier alpha value is -2.86. The molecule has 22 heavy (non-hydrogen) atoms. The van der Waals surface area contributed by atoms with E-state index in [0.717, 1.165) is 0 Å². The molecule has 1 amide bonds. The van der Waals surface area contributed by atoms with Gasteiger partial charge in [0.15, 0.2) is 5.78 Å². The summed E-state index contributed by atoms with van der Waals surface area (Å²) in [6, 6.07) is 7.99. The lowest BCUT2D eigenvalue weighted by Crippen LogP contribution is -2.12. The maximum atomic E-state index is 12.4. The van der Waals surface area contributed by atoms with Gasteiger partial charge in [0, 0.05) is 16.8 Å². The van der Waals surface area contributed by atoms with E-state index >= 15 is 0 Å². The Bertz CT molecular complexity index is 802. The molecule has 0 saturated carbocycles. The predicted molar refractivity (Wildman–Crippen MR) is 81.2 cm³/mol. The number of carboxylic acid groups (broad SMARTS) is 1. The second-order valence-electron chi connectivity index (χ2n) is 4.50. The van der Waals surface area contributed by atoms with Crippen LogP contribution in [0.25, 0.3) is 0 Å². The fourth-order valence-corrected chi connectivity index (χ4v) is 2.18. The first-order valence-corrected chi connectivity index (χ1v) is 6.46. The summed E-state index contributed by atoms with van der Waals surface area (Å²) in [4.78, 5) is 34.5. The van der Waals surface area contributed by atoms with Crippen LogP contribution in [0.4, 0.5) is 5.69 Å². The van der Waals surface area contributed by atoms with Gasteiger partial charge in [0.2, 0.25) is 5.91 Å². The number of nitrogens with two attached hydrogens (primary N) is 2. The standard InChI is InChI=1S/C15H11ClN2O4/c16-11-6-8(1-3-9(11)14(18)20)13(19)7-2-4-12(17)10(5-7)15(21)22/h1-6H,17H2,(H2,18,20)(H,21,22). The van der Waals surface area contributed by atoms with Crippen LogP contribution in [0.3, 0.4) is 0 Å². The number of primary amides is 1. The van der Waals surface area contributed by atoms with Crippen LogP contribution < -0.4 is 11.5 Å². The van der Waals surface area contributed by atoms with Crippen LogP contribution in [0.2, 0.25) is 5.02 Å². The van der Waals surface area contributed by atoms with Crippen LogP contribution in [-0.2, 0) is 0 Å². The Morgan fingerprint density at radius 1 is 0.955 bits per heavy atom. The number of halogens is 1. The van der Waals surface area contributed by atoms with Crippen molar-refractivity contribution in [1.82, 2.24) is 0 Å². The third-order valence-corrected chi connectivity index (χ3v) is 3.36. The molecule has 5 N–H and O–H groups in total. The summed E-state index contributed by atoms with van der Waals surface area (Å²) in [7, 11) is 0. The first-order chi connectivity index (χ1) is 10.3. The van der Waals surface area contributed by atoms with Crippen molar-refractivity contribution in [3.8, 4) is 0 Å². The maximum Gasteiger partial charge on any atom is 0.337 e. The highest BCUT2D eigenvalue weighted by Crippen LogP contribution is 2.21. The van der Waals surface area contributed by atoms with Crippen molar-refractivity contribution in [1.29, 1.82) is 0 Å². The molecule has 0 spiro atoms. The molecule has 2 aromatic carbocycles. The van der Waals surface area contributed by atoms with Gasteiger partial charge in [-0.15, -0.1) is 0 Å². The number of ketones is 1. The molecule has 0 unspecified atom stereocenters. The zero-order chi connectivity index (χ0) is 16.4. The Morgan fingerprint density at radius 3 is 2.09 bits per heavy atom. The molecule has 2 rings (SSSR count). The summed E-state index contributed by atoms with van der Waals surface area (Å²) in [5.41, 5.74) is 11.0. The van der Waals surface area contributed by atoms with E-state index in [1.165, 1.54) is 36.4 Å². The lowest BCUT2D eigenvalue weighted by atomic mass is 9.99. The molecule has 0 aromatic heterocycles. The van der Waals surface area contributed by atoms with Gasteiger partial charge < -0.3 is 16.6 Å². The number of hydrogen-bond donors (Lipinski definition) is 3. The van der Waals surface area contributed by atoms with Gasteiger partial charge in [0.25, 0.3) is 0 Å². The second-order valence-corrected chi connectivity index (χ2v) is 4.90. The van der Waals surface area contributed by atoms with Crippen LogP contribution in [0.5, 0.6) is 0 Å². The third-order valence-electron chi connectivity index (χ3n) is 3.04. The summed E-state index contributed by atoms with van der Waals surface area (Å²) in [6.07, 6.45) is 0. The number of aromatic carboxylic acids is 1. The Balaban J connectivity index is 2.44. The molecule has 0 saturated heterocycles. The molecular formula is C15H11ClN2O4. The number of rotatable bonds is 4. The molecule has 0 heterocycles. The van der Waals surface area contributed by atoms with Gasteiger partial charge in [0.05, 0.1) is 16.1 Å². The van der Waals surface area contributed by atoms with E-state index in [2.05, 4.69) is 0 Å². The highest BCUT2D eigenvalue weighted by Gasteiger charge is 2.16. The molecule has 0 radical (unpaired) electrons. The number of carbonyl (C=O) groups is 3. The lowest BCUT2D eigenvalue weighted by Gasteiger charge is -2.07. The summed E-state index contributed by atoms with van der Waals surface area (Å²) < 4.78 is 0. The quantitative estimate of drug-likeness (QED) is 0.587. The van der Waals surface area contributed by atoms with Crippen molar-refractivity contribution < 1.29 is 19.5 Å². The molecule has 0 atom stereocenters. The highest BCUT2D eigenvalue weighted by atomic mass is 35.5. The van der Waals surface area contributed by atoms with Crippen molar-refractivity contribution in [3.05, 3.63) is 63.7 Å². The van der Waals surface area contributed by atoms with Crippen molar-refractivity contribution >= 4 is 34.9 Å². The van der Waals surface area contributed by atoms with Gasteiger partial charge in [-0.1, -0.05) is 17.7 Å². The average Bonchev–Trinajstić information content (AvgIpc) is 2.46. The predicted octanol–water partition coefficient (Wildman–Crippen LogP) is 1.95. The molecular weight excluding hydrogens is 308 g/mol. The summed E-state index contributed by atoms with van der Waals surface area (Å²) in [5, 5.41) is 9.07. The van der Waals surface area contributed by atoms with E-state index in [4.69, 9.17) is 28.2 Å². The normalized spacial score (nSPS) is 10.2. The van der Waals surface area contributed by atoms with Crippen molar-refractivity contribution in [2.75, 3.05) is 5.73 Å². The number of amides is 1. The summed E-state index contributed by atoms with van der Waals surface area (Å²) in [6.45, 7) is 0. The fourth-order valence-electron chi connectivity index (χ4n) is 1.91. The number of carbonyl (C=O) groups excluding carboxylic acids is 2. The van der Waals surface area contributed by atoms with E-state index in [0.29, 0.717) is 0 Å². The first-order valence-electron chi connectivity index (χ1n) is 6.08. The smallest absolute Gasteiger partial charge is 0.337 e. The number of hydrogen-bond acceptors (Lipinski definition) is 4. The monoisotopic (exact) mass is 318 g/mol. The van der Waals surface area contributed by atoms with Gasteiger partial charge >= 0.3 is 5.97 Å². The van der Waals surface area contributed by atoms with Crippen LogP contribution in [-0.4, -0.2) is 22.8 Å². The molecule has 2 aromatic rings. The minimum absolute atomic E-state index is 0.0484. The van der Waals surface area contributed by atoms with E-state index in [1.807, 2.05) is 0 Å². The molecule has 0 aliphatic heterocycles. The van der Waals surface area contributed by atoms with Crippen molar-refractivity contribution in [2.24, 2.45) is 5.73 Å². The molecule has 112 valence electrons. The highest BCUT2D eigenvalue weighted by molar-refractivity contribution is 6.34.